The first-order valence-corrected chi connectivity index (χ1v) is 12.3. The summed E-state index contributed by atoms with van der Waals surface area (Å²) in [6, 6.07) is 2.97. The first-order chi connectivity index (χ1) is 15.9. The van der Waals surface area contributed by atoms with Gasteiger partial charge in [-0.3, -0.25) is 9.98 Å². The molecule has 0 aliphatic carbocycles. The second-order valence-electron chi connectivity index (χ2n) is 8.99. The molecule has 0 saturated carbocycles. The average Bonchev–Trinajstić information content (AvgIpc) is 2.76. The highest BCUT2D eigenvalue weighted by atomic mass is 19.1. The third kappa shape index (κ3) is 12.6. The number of allylic oxidation sites excluding steroid dienone is 2. The number of halogens is 2. The molecule has 5 heteroatoms. The van der Waals surface area contributed by atoms with Crippen LogP contribution in [0.1, 0.15) is 76.3 Å². The summed E-state index contributed by atoms with van der Waals surface area (Å²) in [6.45, 7) is 13.0. The van der Waals surface area contributed by atoms with Crippen LogP contribution >= 0.6 is 0 Å². The summed E-state index contributed by atoms with van der Waals surface area (Å²) >= 11 is 0. The number of unbranched alkanes of at least 4 members (excludes halogenated alkanes) is 2. The van der Waals surface area contributed by atoms with Gasteiger partial charge in [-0.2, -0.15) is 0 Å². The van der Waals surface area contributed by atoms with E-state index in [1.807, 2.05) is 13.3 Å². The first kappa shape index (κ1) is 28.9. The molecule has 184 valence electrons. The second-order valence-corrected chi connectivity index (χ2v) is 8.99. The molecule has 0 amide bonds. The normalized spacial score (nSPS) is 12.9. The maximum Gasteiger partial charge on any atom is 0.129 e. The van der Waals surface area contributed by atoms with Crippen molar-refractivity contribution in [3.05, 3.63) is 58.8 Å². The number of aliphatic imine (C=N–C) groups is 2. The molecule has 0 aliphatic heterocycles. The van der Waals surface area contributed by atoms with Crippen molar-refractivity contribution in [3.63, 3.8) is 0 Å². The van der Waals surface area contributed by atoms with E-state index in [0.29, 0.717) is 12.3 Å². The third-order valence-corrected chi connectivity index (χ3v) is 5.78. The van der Waals surface area contributed by atoms with Crippen molar-refractivity contribution in [2.75, 3.05) is 20.1 Å². The van der Waals surface area contributed by atoms with Crippen LogP contribution in [0, 0.1) is 17.6 Å². The number of rotatable bonds is 18. The number of nitrogens with one attached hydrogen (secondary N) is 1. The lowest BCUT2D eigenvalue weighted by Crippen LogP contribution is -2.14. The molecule has 1 N–H and O–H groups in total. The van der Waals surface area contributed by atoms with E-state index in [0.717, 1.165) is 81.2 Å². The minimum atomic E-state index is -0.457. The van der Waals surface area contributed by atoms with E-state index in [-0.39, 0.29) is 12.0 Å². The van der Waals surface area contributed by atoms with Gasteiger partial charge in [0.25, 0.3) is 0 Å². The van der Waals surface area contributed by atoms with Gasteiger partial charge in [0.15, 0.2) is 0 Å². The first-order valence-electron chi connectivity index (χ1n) is 12.3. The Labute approximate surface area is 200 Å². The highest BCUT2D eigenvalue weighted by molar-refractivity contribution is 5.78. The Balaban J connectivity index is 2.45. The SMILES string of the molecule is C=N/C=C(\C=N/CCC(CCCCCc1cc(F)c(CC(=C)C)c(F)c1)CCNC)CCC. The predicted molar refractivity (Wildman–Crippen MR) is 140 cm³/mol. The Morgan fingerprint density at radius 3 is 2.45 bits per heavy atom. The molecule has 33 heavy (non-hydrogen) atoms. The fraction of sp³-hybridized carbons (Fsp3) is 0.571. The minimum absolute atomic E-state index is 0.124. The van der Waals surface area contributed by atoms with Crippen molar-refractivity contribution in [1.82, 2.24) is 5.32 Å². The largest absolute Gasteiger partial charge is 0.320 e. The number of hydrogen-bond acceptors (Lipinski definition) is 3. The van der Waals surface area contributed by atoms with Crippen LogP contribution in [-0.2, 0) is 12.8 Å². The Morgan fingerprint density at radius 1 is 1.12 bits per heavy atom. The molecule has 3 nitrogen and oxygen atoms in total. The van der Waals surface area contributed by atoms with Gasteiger partial charge in [0.1, 0.15) is 11.6 Å². The standard InChI is InChI=1S/C28H43F2N3/c1-6-10-25(20-32-5)21-33-16-14-23(13-15-31-4)11-8-7-9-12-24-18-27(29)26(17-22(2)3)28(30)19-24/h18-21,23,31H,2,5-17H2,1,3-4H3/b25-20-,33-21-. The van der Waals surface area contributed by atoms with Crippen LogP contribution in [0.3, 0.4) is 0 Å². The van der Waals surface area contributed by atoms with Gasteiger partial charge in [-0.05, 0) is 94.9 Å². The highest BCUT2D eigenvalue weighted by Crippen LogP contribution is 2.21. The van der Waals surface area contributed by atoms with Crippen molar-refractivity contribution in [2.24, 2.45) is 15.9 Å². The quantitative estimate of drug-likeness (QED) is 0.140. The molecule has 0 saturated heterocycles. The number of hydrogen-bond donors (Lipinski definition) is 1. The molecule has 0 fully saturated rings. The number of benzene rings is 1. The van der Waals surface area contributed by atoms with Crippen LogP contribution in [0.5, 0.6) is 0 Å². The van der Waals surface area contributed by atoms with Crippen LogP contribution in [0.25, 0.3) is 0 Å². The van der Waals surface area contributed by atoms with Gasteiger partial charge in [-0.1, -0.05) is 44.8 Å². The summed E-state index contributed by atoms with van der Waals surface area (Å²) in [5, 5.41) is 3.25. The summed E-state index contributed by atoms with van der Waals surface area (Å²) < 4.78 is 28.5. The average molecular weight is 460 g/mol. The monoisotopic (exact) mass is 459 g/mol. The molecular formula is C28H43F2N3. The van der Waals surface area contributed by atoms with Gasteiger partial charge >= 0.3 is 0 Å². The fourth-order valence-corrected chi connectivity index (χ4v) is 4.00. The molecule has 1 aromatic rings. The maximum atomic E-state index is 14.2. The molecule has 0 aromatic heterocycles. The Kier molecular flexibility index (Phi) is 15.2. The molecule has 1 rings (SSSR count). The summed E-state index contributed by atoms with van der Waals surface area (Å²) in [6.07, 6.45) is 13.2. The summed E-state index contributed by atoms with van der Waals surface area (Å²) in [5.74, 6) is -0.287. The number of aryl methyl sites for hydroxylation is 1. The van der Waals surface area contributed by atoms with Crippen molar-refractivity contribution in [3.8, 4) is 0 Å². The van der Waals surface area contributed by atoms with Crippen LogP contribution in [0.15, 0.2) is 46.0 Å². The Bertz CT molecular complexity index is 760. The summed E-state index contributed by atoms with van der Waals surface area (Å²) in [4.78, 5) is 8.46. The van der Waals surface area contributed by atoms with Crippen LogP contribution in [0.2, 0.25) is 0 Å². The lowest BCUT2D eigenvalue weighted by molar-refractivity contribution is 0.401. The molecule has 0 aliphatic rings. The van der Waals surface area contributed by atoms with Gasteiger partial charge in [0, 0.05) is 24.5 Å². The van der Waals surface area contributed by atoms with E-state index in [4.69, 9.17) is 0 Å². The van der Waals surface area contributed by atoms with E-state index >= 15 is 0 Å². The molecule has 0 spiro atoms. The zero-order valence-corrected chi connectivity index (χ0v) is 20.9. The predicted octanol–water partition coefficient (Wildman–Crippen LogP) is 7.26. The summed E-state index contributed by atoms with van der Waals surface area (Å²) in [5.41, 5.74) is 2.74. The van der Waals surface area contributed by atoms with Crippen LogP contribution in [0.4, 0.5) is 8.78 Å². The Morgan fingerprint density at radius 2 is 1.85 bits per heavy atom. The smallest absolute Gasteiger partial charge is 0.129 e. The molecule has 1 aromatic carbocycles. The lowest BCUT2D eigenvalue weighted by atomic mass is 9.93. The van der Waals surface area contributed by atoms with E-state index in [9.17, 15) is 8.78 Å². The minimum Gasteiger partial charge on any atom is -0.320 e. The van der Waals surface area contributed by atoms with Crippen molar-refractivity contribution in [2.45, 2.75) is 78.1 Å². The van der Waals surface area contributed by atoms with Gasteiger partial charge in [-0.15, -0.1) is 0 Å². The van der Waals surface area contributed by atoms with E-state index in [1.54, 1.807) is 13.1 Å². The molecule has 1 unspecified atom stereocenters. The Hall–Kier alpha value is -2.14. The van der Waals surface area contributed by atoms with Crippen molar-refractivity contribution in [1.29, 1.82) is 0 Å². The van der Waals surface area contributed by atoms with Crippen LogP contribution in [-0.4, -0.2) is 33.1 Å². The zero-order chi connectivity index (χ0) is 24.5. The van der Waals surface area contributed by atoms with Gasteiger partial charge in [0.2, 0.25) is 0 Å². The van der Waals surface area contributed by atoms with Crippen LogP contribution < -0.4 is 5.32 Å². The second kappa shape index (κ2) is 17.4. The van der Waals surface area contributed by atoms with Gasteiger partial charge < -0.3 is 5.32 Å². The fourth-order valence-electron chi connectivity index (χ4n) is 4.00. The van der Waals surface area contributed by atoms with E-state index < -0.39 is 11.6 Å². The topological polar surface area (TPSA) is 36.8 Å². The number of nitrogens with zero attached hydrogens (tertiary/aromatic N) is 2. The molecule has 1 atom stereocenters. The van der Waals surface area contributed by atoms with Gasteiger partial charge in [0.05, 0.1) is 0 Å². The summed E-state index contributed by atoms with van der Waals surface area (Å²) in [7, 11) is 1.99. The molecule has 0 heterocycles. The van der Waals surface area contributed by atoms with Crippen molar-refractivity contribution >= 4 is 12.9 Å². The maximum absolute atomic E-state index is 14.2. The molecular weight excluding hydrogens is 416 g/mol. The third-order valence-electron chi connectivity index (χ3n) is 5.78. The highest BCUT2D eigenvalue weighted by Gasteiger charge is 2.12. The van der Waals surface area contributed by atoms with E-state index in [1.165, 1.54) is 12.1 Å². The van der Waals surface area contributed by atoms with Crippen molar-refractivity contribution < 1.29 is 8.78 Å². The van der Waals surface area contributed by atoms with E-state index in [2.05, 4.69) is 35.5 Å². The molecule has 0 radical (unpaired) electrons. The molecule has 0 bridgehead atoms. The lowest BCUT2D eigenvalue weighted by Gasteiger charge is -2.16. The zero-order valence-electron chi connectivity index (χ0n) is 20.9. The van der Waals surface area contributed by atoms with Gasteiger partial charge in [-0.25, -0.2) is 8.78 Å².